The highest BCUT2D eigenvalue weighted by molar-refractivity contribution is 7.89. The highest BCUT2D eigenvalue weighted by Crippen LogP contribution is 2.28. The molecule has 0 aromatic heterocycles. The van der Waals surface area contributed by atoms with Gasteiger partial charge in [0.25, 0.3) is 5.91 Å². The second-order valence-electron chi connectivity index (χ2n) is 8.66. The molecule has 0 radical (unpaired) electrons. The topological polar surface area (TPSA) is 101 Å². The first-order valence-corrected chi connectivity index (χ1v) is 12.5. The van der Waals surface area contributed by atoms with Crippen molar-refractivity contribution in [3.8, 4) is 0 Å². The summed E-state index contributed by atoms with van der Waals surface area (Å²) >= 11 is 0. The molecule has 1 heterocycles. The molecule has 4 rings (SSSR count). The van der Waals surface area contributed by atoms with Crippen molar-refractivity contribution in [2.45, 2.75) is 62.0 Å². The number of amides is 2. The van der Waals surface area contributed by atoms with Gasteiger partial charge in [0.2, 0.25) is 15.9 Å². The fourth-order valence-electron chi connectivity index (χ4n) is 4.75. The standard InChI is InChI=1S/C24H29N3O4S/c1-26(20-11-3-2-4-12-20)32(30,31)21-13-7-10-18(14-21)24(29)27-16-19-9-6-5-8-17(19)15-22(27)23(25)28/h5-10,13-14,20,22H,2-4,11-12,15-16H2,1H3,(H2,25,28)/t22-/m0/s1. The minimum absolute atomic E-state index is 0.0223. The SMILES string of the molecule is CN(C1CCCCC1)S(=O)(=O)c1cccc(C(=O)N2Cc3ccccc3C[C@H]2C(N)=O)c1. The molecule has 1 atom stereocenters. The summed E-state index contributed by atoms with van der Waals surface area (Å²) in [7, 11) is -2.12. The summed E-state index contributed by atoms with van der Waals surface area (Å²) in [6, 6.07) is 12.9. The van der Waals surface area contributed by atoms with Crippen LogP contribution < -0.4 is 5.73 Å². The molecule has 8 heteroatoms. The summed E-state index contributed by atoms with van der Waals surface area (Å²) in [4.78, 5) is 27.0. The Morgan fingerprint density at radius 3 is 2.38 bits per heavy atom. The summed E-state index contributed by atoms with van der Waals surface area (Å²) in [5.41, 5.74) is 7.80. The Morgan fingerprint density at radius 1 is 1.00 bits per heavy atom. The van der Waals surface area contributed by atoms with Crippen LogP contribution in [0.4, 0.5) is 0 Å². The van der Waals surface area contributed by atoms with Crippen molar-refractivity contribution in [1.29, 1.82) is 0 Å². The van der Waals surface area contributed by atoms with Crippen LogP contribution in [-0.4, -0.2) is 48.6 Å². The summed E-state index contributed by atoms with van der Waals surface area (Å²) in [6.07, 6.45) is 5.22. The van der Waals surface area contributed by atoms with E-state index in [1.54, 1.807) is 19.2 Å². The van der Waals surface area contributed by atoms with E-state index < -0.39 is 27.9 Å². The van der Waals surface area contributed by atoms with Gasteiger partial charge in [-0.25, -0.2) is 8.42 Å². The molecule has 2 aromatic carbocycles. The number of nitrogens with zero attached hydrogens (tertiary/aromatic N) is 2. The van der Waals surface area contributed by atoms with Crippen LogP contribution >= 0.6 is 0 Å². The smallest absolute Gasteiger partial charge is 0.254 e. The third-order valence-corrected chi connectivity index (χ3v) is 8.59. The molecular weight excluding hydrogens is 426 g/mol. The lowest BCUT2D eigenvalue weighted by atomic mass is 9.93. The van der Waals surface area contributed by atoms with Crippen molar-refractivity contribution in [2.75, 3.05) is 7.05 Å². The molecule has 1 aliphatic heterocycles. The van der Waals surface area contributed by atoms with Gasteiger partial charge in [0.1, 0.15) is 6.04 Å². The van der Waals surface area contributed by atoms with Crippen molar-refractivity contribution in [1.82, 2.24) is 9.21 Å². The number of hydrogen-bond donors (Lipinski definition) is 1. The number of primary amides is 1. The zero-order chi connectivity index (χ0) is 22.9. The van der Waals surface area contributed by atoms with E-state index in [2.05, 4.69) is 0 Å². The van der Waals surface area contributed by atoms with Crippen LogP contribution in [0, 0.1) is 0 Å². The molecule has 0 bridgehead atoms. The van der Waals surface area contributed by atoms with Gasteiger partial charge in [0.05, 0.1) is 4.90 Å². The third-order valence-electron chi connectivity index (χ3n) is 6.68. The van der Waals surface area contributed by atoms with E-state index in [1.165, 1.54) is 21.3 Å². The minimum Gasteiger partial charge on any atom is -0.368 e. The van der Waals surface area contributed by atoms with Crippen molar-refractivity contribution < 1.29 is 18.0 Å². The molecule has 1 saturated carbocycles. The van der Waals surface area contributed by atoms with Gasteiger partial charge in [-0.05, 0) is 42.2 Å². The second kappa shape index (κ2) is 9.03. The van der Waals surface area contributed by atoms with Gasteiger partial charge in [-0.1, -0.05) is 49.6 Å². The predicted molar refractivity (Wildman–Crippen MR) is 121 cm³/mol. The van der Waals surface area contributed by atoms with Crippen LogP contribution in [0.3, 0.4) is 0 Å². The summed E-state index contributed by atoms with van der Waals surface area (Å²) < 4.78 is 27.9. The number of carbonyl (C=O) groups excluding carboxylic acids is 2. The third kappa shape index (κ3) is 4.29. The van der Waals surface area contributed by atoms with E-state index in [9.17, 15) is 18.0 Å². The van der Waals surface area contributed by atoms with Crippen LogP contribution in [0.15, 0.2) is 53.4 Å². The van der Waals surface area contributed by atoms with Gasteiger partial charge in [0.15, 0.2) is 0 Å². The Morgan fingerprint density at radius 2 is 1.69 bits per heavy atom. The Labute approximate surface area is 189 Å². The molecule has 7 nitrogen and oxygen atoms in total. The van der Waals surface area contributed by atoms with Crippen LogP contribution in [0.2, 0.25) is 0 Å². The molecule has 0 saturated heterocycles. The van der Waals surface area contributed by atoms with Gasteiger partial charge in [-0.3, -0.25) is 9.59 Å². The lowest BCUT2D eigenvalue weighted by Crippen LogP contribution is -2.51. The Kier molecular flexibility index (Phi) is 6.35. The first kappa shape index (κ1) is 22.5. The monoisotopic (exact) mass is 455 g/mol. The highest BCUT2D eigenvalue weighted by Gasteiger charge is 2.35. The van der Waals surface area contributed by atoms with Crippen LogP contribution in [0.1, 0.15) is 53.6 Å². The number of carbonyl (C=O) groups is 2. The lowest BCUT2D eigenvalue weighted by molar-refractivity contribution is -0.122. The lowest BCUT2D eigenvalue weighted by Gasteiger charge is -2.35. The molecule has 32 heavy (non-hydrogen) atoms. The zero-order valence-corrected chi connectivity index (χ0v) is 19.1. The van der Waals surface area contributed by atoms with E-state index in [-0.39, 0.29) is 23.0 Å². The molecule has 2 N–H and O–H groups in total. The van der Waals surface area contributed by atoms with E-state index in [1.807, 2.05) is 24.3 Å². The van der Waals surface area contributed by atoms with Gasteiger partial charge in [0, 0.05) is 31.6 Å². The number of hydrogen-bond acceptors (Lipinski definition) is 4. The predicted octanol–water partition coefficient (Wildman–Crippen LogP) is 2.69. The minimum atomic E-state index is -3.73. The van der Waals surface area contributed by atoms with E-state index in [0.29, 0.717) is 6.42 Å². The van der Waals surface area contributed by atoms with E-state index in [0.717, 1.165) is 43.2 Å². The number of benzene rings is 2. The Hall–Kier alpha value is -2.71. The first-order chi connectivity index (χ1) is 15.3. The van der Waals surface area contributed by atoms with Crippen molar-refractivity contribution in [3.63, 3.8) is 0 Å². The number of fused-ring (bicyclic) bond motifs is 1. The molecule has 2 amide bonds. The molecule has 0 unspecified atom stereocenters. The fraction of sp³-hybridized carbons (Fsp3) is 0.417. The van der Waals surface area contributed by atoms with Gasteiger partial charge < -0.3 is 10.6 Å². The largest absolute Gasteiger partial charge is 0.368 e. The van der Waals surface area contributed by atoms with Crippen molar-refractivity contribution in [2.24, 2.45) is 5.73 Å². The Bertz CT molecular complexity index is 1130. The maximum atomic E-state index is 13.4. The molecule has 0 spiro atoms. The average molecular weight is 456 g/mol. The molecule has 170 valence electrons. The molecular formula is C24H29N3O4S. The maximum absolute atomic E-state index is 13.4. The molecule has 1 aliphatic carbocycles. The van der Waals surface area contributed by atoms with Gasteiger partial charge in [-0.2, -0.15) is 4.31 Å². The fourth-order valence-corrected chi connectivity index (χ4v) is 6.22. The number of nitrogens with two attached hydrogens (primary N) is 1. The Balaban J connectivity index is 1.62. The van der Waals surface area contributed by atoms with E-state index >= 15 is 0 Å². The molecule has 1 fully saturated rings. The summed E-state index contributed by atoms with van der Waals surface area (Å²) in [5.74, 6) is -0.977. The number of sulfonamides is 1. The van der Waals surface area contributed by atoms with Gasteiger partial charge in [-0.15, -0.1) is 0 Å². The van der Waals surface area contributed by atoms with Crippen LogP contribution in [0.5, 0.6) is 0 Å². The maximum Gasteiger partial charge on any atom is 0.254 e. The quantitative estimate of drug-likeness (QED) is 0.749. The number of rotatable bonds is 5. The normalized spacial score (nSPS) is 19.6. The van der Waals surface area contributed by atoms with E-state index in [4.69, 9.17) is 5.73 Å². The molecule has 2 aromatic rings. The van der Waals surface area contributed by atoms with Gasteiger partial charge >= 0.3 is 0 Å². The van der Waals surface area contributed by atoms with Crippen molar-refractivity contribution >= 4 is 21.8 Å². The summed E-state index contributed by atoms with van der Waals surface area (Å²) in [5, 5.41) is 0. The zero-order valence-electron chi connectivity index (χ0n) is 18.2. The first-order valence-electron chi connectivity index (χ1n) is 11.0. The molecule has 2 aliphatic rings. The van der Waals surface area contributed by atoms with Crippen LogP contribution in [-0.2, 0) is 27.8 Å². The average Bonchev–Trinajstić information content (AvgIpc) is 2.82. The second-order valence-corrected chi connectivity index (χ2v) is 10.7. The summed E-state index contributed by atoms with van der Waals surface area (Å²) in [6.45, 7) is 0.252. The van der Waals surface area contributed by atoms with Crippen LogP contribution in [0.25, 0.3) is 0 Å². The van der Waals surface area contributed by atoms with Crippen molar-refractivity contribution in [3.05, 3.63) is 65.2 Å². The highest BCUT2D eigenvalue weighted by atomic mass is 32.2.